The molecule has 0 unspecified atom stereocenters. The van der Waals surface area contributed by atoms with E-state index in [0.29, 0.717) is 21.9 Å². The van der Waals surface area contributed by atoms with Crippen LogP contribution in [0.5, 0.6) is 5.75 Å². The van der Waals surface area contributed by atoms with E-state index in [1.807, 2.05) is 0 Å². The second kappa shape index (κ2) is 8.12. The normalized spacial score (nSPS) is 12.0. The second-order valence-electron chi connectivity index (χ2n) is 6.80. The van der Waals surface area contributed by atoms with E-state index in [2.05, 4.69) is 14.7 Å². The molecule has 6 nitrogen and oxygen atoms in total. The standard InChI is InChI=1S/C22H16F3N3O3S/c1-31-20-12-15(22(23,24)25)5-7-19(20)18-4-2-3-14-11-16(6-8-17(14)18)32(29,30)28-21-9-10-26-13-27-21/h2-13H,1H3,(H,26,27,28). The first-order valence-corrected chi connectivity index (χ1v) is 10.7. The van der Waals surface area contributed by atoms with E-state index < -0.39 is 21.8 Å². The third kappa shape index (κ3) is 4.22. The molecule has 1 heterocycles. The number of nitrogens with zero attached hydrogens (tertiary/aromatic N) is 2. The highest BCUT2D eigenvalue weighted by Gasteiger charge is 2.31. The van der Waals surface area contributed by atoms with Gasteiger partial charge >= 0.3 is 6.18 Å². The molecule has 0 aliphatic carbocycles. The average molecular weight is 459 g/mol. The van der Waals surface area contributed by atoms with E-state index in [0.717, 1.165) is 12.1 Å². The Balaban J connectivity index is 1.78. The molecule has 0 saturated heterocycles. The highest BCUT2D eigenvalue weighted by molar-refractivity contribution is 7.92. The Labute approximate surface area is 181 Å². The number of alkyl halides is 3. The van der Waals surface area contributed by atoms with Crippen molar-refractivity contribution in [2.24, 2.45) is 0 Å². The molecule has 0 saturated carbocycles. The first kappa shape index (κ1) is 21.6. The van der Waals surface area contributed by atoms with E-state index in [1.165, 1.54) is 43.9 Å². The summed E-state index contributed by atoms with van der Waals surface area (Å²) in [6.45, 7) is 0. The first-order valence-electron chi connectivity index (χ1n) is 9.26. The fourth-order valence-corrected chi connectivity index (χ4v) is 4.34. The van der Waals surface area contributed by atoms with Crippen LogP contribution in [-0.2, 0) is 16.2 Å². The Morgan fingerprint density at radius 3 is 2.47 bits per heavy atom. The molecule has 0 fully saturated rings. The minimum Gasteiger partial charge on any atom is -0.496 e. The number of hydrogen-bond acceptors (Lipinski definition) is 5. The second-order valence-corrected chi connectivity index (χ2v) is 8.48. The highest BCUT2D eigenvalue weighted by atomic mass is 32.2. The summed E-state index contributed by atoms with van der Waals surface area (Å²) in [4.78, 5) is 7.61. The van der Waals surface area contributed by atoms with Crippen LogP contribution < -0.4 is 9.46 Å². The third-order valence-electron chi connectivity index (χ3n) is 4.80. The molecule has 0 aliphatic rings. The van der Waals surface area contributed by atoms with Crippen LogP contribution in [0.15, 0.2) is 78.1 Å². The Hall–Kier alpha value is -3.66. The van der Waals surface area contributed by atoms with Gasteiger partial charge < -0.3 is 4.74 Å². The van der Waals surface area contributed by atoms with Crippen LogP contribution in [0.25, 0.3) is 21.9 Å². The number of aromatic nitrogens is 2. The number of ether oxygens (including phenoxy) is 1. The summed E-state index contributed by atoms with van der Waals surface area (Å²) in [5.74, 6) is 0.192. The van der Waals surface area contributed by atoms with Gasteiger partial charge in [0.2, 0.25) is 0 Å². The van der Waals surface area contributed by atoms with Crippen LogP contribution in [-0.4, -0.2) is 25.5 Å². The van der Waals surface area contributed by atoms with Crippen molar-refractivity contribution in [1.29, 1.82) is 0 Å². The Bertz CT molecular complexity index is 1390. The lowest BCUT2D eigenvalue weighted by Gasteiger charge is -2.15. The smallest absolute Gasteiger partial charge is 0.416 e. The number of sulfonamides is 1. The maximum absolute atomic E-state index is 13.1. The molecule has 10 heteroatoms. The zero-order chi connectivity index (χ0) is 22.9. The number of rotatable bonds is 5. The van der Waals surface area contributed by atoms with Crippen molar-refractivity contribution in [3.8, 4) is 16.9 Å². The van der Waals surface area contributed by atoms with Gasteiger partial charge in [-0.1, -0.05) is 30.3 Å². The third-order valence-corrected chi connectivity index (χ3v) is 6.15. The summed E-state index contributed by atoms with van der Waals surface area (Å²) in [5, 5.41) is 1.25. The molecule has 32 heavy (non-hydrogen) atoms. The number of fused-ring (bicyclic) bond motifs is 1. The van der Waals surface area contributed by atoms with Crippen molar-refractivity contribution in [2.75, 3.05) is 11.8 Å². The van der Waals surface area contributed by atoms with Crippen molar-refractivity contribution in [1.82, 2.24) is 9.97 Å². The van der Waals surface area contributed by atoms with Crippen LogP contribution in [0.1, 0.15) is 5.56 Å². The fourth-order valence-electron chi connectivity index (χ4n) is 3.30. The predicted molar refractivity (Wildman–Crippen MR) is 114 cm³/mol. The minimum absolute atomic E-state index is 0.0140. The maximum atomic E-state index is 13.1. The van der Waals surface area contributed by atoms with Crippen molar-refractivity contribution in [3.63, 3.8) is 0 Å². The van der Waals surface area contributed by atoms with Gasteiger partial charge in [-0.2, -0.15) is 13.2 Å². The molecule has 0 aliphatic heterocycles. The van der Waals surface area contributed by atoms with Crippen LogP contribution in [0.3, 0.4) is 0 Å². The lowest BCUT2D eigenvalue weighted by molar-refractivity contribution is -0.137. The number of nitrogens with one attached hydrogen (secondary N) is 1. The summed E-state index contributed by atoms with van der Waals surface area (Å²) < 4.78 is 72.3. The summed E-state index contributed by atoms with van der Waals surface area (Å²) >= 11 is 0. The van der Waals surface area contributed by atoms with Crippen LogP contribution >= 0.6 is 0 Å². The Morgan fingerprint density at radius 2 is 1.78 bits per heavy atom. The number of benzene rings is 3. The molecule has 0 amide bonds. The first-order chi connectivity index (χ1) is 15.2. The predicted octanol–water partition coefficient (Wildman–Crippen LogP) is 5.13. The van der Waals surface area contributed by atoms with E-state index in [9.17, 15) is 21.6 Å². The van der Waals surface area contributed by atoms with Gasteiger partial charge in [0.05, 0.1) is 17.6 Å². The minimum atomic E-state index is -4.50. The largest absolute Gasteiger partial charge is 0.496 e. The molecule has 3 aromatic carbocycles. The van der Waals surface area contributed by atoms with Crippen LogP contribution in [0.2, 0.25) is 0 Å². The van der Waals surface area contributed by atoms with Crippen LogP contribution in [0.4, 0.5) is 19.0 Å². The number of halogens is 3. The topological polar surface area (TPSA) is 81.2 Å². The molecule has 1 aromatic heterocycles. The fraction of sp³-hybridized carbons (Fsp3) is 0.0909. The zero-order valence-corrected chi connectivity index (χ0v) is 17.4. The molecule has 0 radical (unpaired) electrons. The molecular weight excluding hydrogens is 443 g/mol. The highest BCUT2D eigenvalue weighted by Crippen LogP contribution is 2.39. The number of hydrogen-bond donors (Lipinski definition) is 1. The molecule has 0 bridgehead atoms. The molecule has 4 aromatic rings. The summed E-state index contributed by atoms with van der Waals surface area (Å²) in [5.41, 5.74) is 0.254. The molecule has 0 spiro atoms. The molecule has 164 valence electrons. The summed E-state index contributed by atoms with van der Waals surface area (Å²) in [6.07, 6.45) is -1.86. The Morgan fingerprint density at radius 1 is 0.969 bits per heavy atom. The van der Waals surface area contributed by atoms with Gasteiger partial charge in [-0.3, -0.25) is 4.72 Å². The quantitative estimate of drug-likeness (QED) is 0.448. The van der Waals surface area contributed by atoms with E-state index in [4.69, 9.17) is 4.74 Å². The zero-order valence-electron chi connectivity index (χ0n) is 16.6. The molecule has 4 rings (SSSR count). The van der Waals surface area contributed by atoms with Gasteiger partial charge in [0.1, 0.15) is 17.9 Å². The molecule has 0 atom stereocenters. The number of methoxy groups -OCH3 is 1. The van der Waals surface area contributed by atoms with Crippen molar-refractivity contribution in [2.45, 2.75) is 11.1 Å². The van der Waals surface area contributed by atoms with E-state index >= 15 is 0 Å². The van der Waals surface area contributed by atoms with Gasteiger partial charge in [-0.25, -0.2) is 18.4 Å². The lowest BCUT2D eigenvalue weighted by atomic mass is 9.96. The van der Waals surface area contributed by atoms with Crippen molar-refractivity contribution < 1.29 is 26.3 Å². The van der Waals surface area contributed by atoms with E-state index in [1.54, 1.807) is 24.3 Å². The van der Waals surface area contributed by atoms with Gasteiger partial charge in [-0.05, 0) is 46.7 Å². The van der Waals surface area contributed by atoms with Crippen molar-refractivity contribution >= 4 is 26.6 Å². The molecule has 1 N–H and O–H groups in total. The molecular formula is C22H16F3N3O3S. The summed E-state index contributed by atoms with van der Waals surface area (Å²) in [7, 11) is -2.61. The van der Waals surface area contributed by atoms with Gasteiger partial charge in [0, 0.05) is 11.8 Å². The van der Waals surface area contributed by atoms with Crippen molar-refractivity contribution in [3.05, 3.63) is 78.8 Å². The van der Waals surface area contributed by atoms with Crippen LogP contribution in [0, 0.1) is 0 Å². The average Bonchev–Trinajstić information content (AvgIpc) is 2.77. The Kier molecular flexibility index (Phi) is 5.47. The number of anilines is 1. The van der Waals surface area contributed by atoms with Gasteiger partial charge in [0.25, 0.3) is 10.0 Å². The van der Waals surface area contributed by atoms with E-state index in [-0.39, 0.29) is 16.5 Å². The lowest BCUT2D eigenvalue weighted by Crippen LogP contribution is -2.13. The monoisotopic (exact) mass is 459 g/mol. The SMILES string of the molecule is COc1cc(C(F)(F)F)ccc1-c1cccc2cc(S(=O)(=O)Nc3ccncn3)ccc12. The van der Waals surface area contributed by atoms with Gasteiger partial charge in [-0.15, -0.1) is 0 Å². The maximum Gasteiger partial charge on any atom is 0.416 e. The summed E-state index contributed by atoms with van der Waals surface area (Å²) in [6, 6.07) is 14.4. The van der Waals surface area contributed by atoms with Gasteiger partial charge in [0.15, 0.2) is 0 Å².